The summed E-state index contributed by atoms with van der Waals surface area (Å²) in [5, 5.41) is 2.96. The van der Waals surface area contributed by atoms with Gasteiger partial charge in [0.1, 0.15) is 0 Å². The number of hydrogen-bond donors (Lipinski definition) is 1. The van der Waals surface area contributed by atoms with Crippen LogP contribution in [0.15, 0.2) is 42.5 Å². The molecule has 1 aliphatic heterocycles. The van der Waals surface area contributed by atoms with Crippen LogP contribution in [-0.2, 0) is 17.8 Å². The molecular weight excluding hydrogens is 314 g/mol. The van der Waals surface area contributed by atoms with Gasteiger partial charge in [0.25, 0.3) is 5.91 Å². The third kappa shape index (κ3) is 3.65. The Morgan fingerprint density at radius 3 is 2.48 bits per heavy atom. The number of rotatable bonds is 4. The SMILES string of the molecule is CC(=O)N1CCc2cc(C(=O)NCc3ccc(N(C)C)cc3)ccc21. The summed E-state index contributed by atoms with van der Waals surface area (Å²) in [7, 11) is 4.00. The Kier molecular flexibility index (Phi) is 4.74. The van der Waals surface area contributed by atoms with Gasteiger partial charge in [-0.2, -0.15) is 0 Å². The maximum Gasteiger partial charge on any atom is 0.251 e. The van der Waals surface area contributed by atoms with Gasteiger partial charge in [-0.05, 0) is 47.9 Å². The first kappa shape index (κ1) is 17.0. The zero-order valence-electron chi connectivity index (χ0n) is 14.9. The minimum atomic E-state index is -0.0965. The van der Waals surface area contributed by atoms with Gasteiger partial charge in [-0.1, -0.05) is 12.1 Å². The molecule has 2 aromatic rings. The van der Waals surface area contributed by atoms with E-state index in [2.05, 4.69) is 5.32 Å². The van der Waals surface area contributed by atoms with E-state index in [0.29, 0.717) is 18.7 Å². The van der Waals surface area contributed by atoms with E-state index in [9.17, 15) is 9.59 Å². The summed E-state index contributed by atoms with van der Waals surface area (Å²) in [5.74, 6) is -0.0575. The van der Waals surface area contributed by atoms with Crippen molar-refractivity contribution in [3.63, 3.8) is 0 Å². The van der Waals surface area contributed by atoms with Gasteiger partial charge in [-0.25, -0.2) is 0 Å². The lowest BCUT2D eigenvalue weighted by Crippen LogP contribution is -2.26. The van der Waals surface area contributed by atoms with Crippen molar-refractivity contribution < 1.29 is 9.59 Å². The van der Waals surface area contributed by atoms with Crippen LogP contribution in [0.25, 0.3) is 0 Å². The van der Waals surface area contributed by atoms with E-state index in [1.165, 1.54) is 0 Å². The molecule has 0 aliphatic carbocycles. The molecule has 2 amide bonds. The second-order valence-electron chi connectivity index (χ2n) is 6.51. The second kappa shape index (κ2) is 6.97. The second-order valence-corrected chi connectivity index (χ2v) is 6.51. The Morgan fingerprint density at radius 2 is 1.84 bits per heavy atom. The molecule has 130 valence electrons. The fourth-order valence-electron chi connectivity index (χ4n) is 3.07. The molecule has 1 N–H and O–H groups in total. The van der Waals surface area contributed by atoms with Crippen LogP contribution in [0.4, 0.5) is 11.4 Å². The van der Waals surface area contributed by atoms with Crippen molar-refractivity contribution in [2.45, 2.75) is 19.9 Å². The minimum Gasteiger partial charge on any atom is -0.378 e. The Balaban J connectivity index is 1.65. The van der Waals surface area contributed by atoms with Crippen LogP contribution < -0.4 is 15.1 Å². The molecule has 3 rings (SSSR count). The number of carbonyl (C=O) groups excluding carboxylic acids is 2. The number of nitrogens with one attached hydrogen (secondary N) is 1. The van der Waals surface area contributed by atoms with Crippen LogP contribution in [0.1, 0.15) is 28.4 Å². The van der Waals surface area contributed by atoms with Crippen molar-refractivity contribution >= 4 is 23.2 Å². The van der Waals surface area contributed by atoms with Crippen molar-refractivity contribution in [3.05, 3.63) is 59.2 Å². The largest absolute Gasteiger partial charge is 0.378 e. The van der Waals surface area contributed by atoms with Gasteiger partial charge in [0, 0.05) is 51.0 Å². The number of amides is 2. The van der Waals surface area contributed by atoms with Gasteiger partial charge in [0.15, 0.2) is 0 Å². The number of carbonyl (C=O) groups is 2. The third-order valence-corrected chi connectivity index (χ3v) is 4.52. The van der Waals surface area contributed by atoms with Crippen molar-refractivity contribution in [2.24, 2.45) is 0 Å². The average Bonchev–Trinajstić information content (AvgIpc) is 3.03. The van der Waals surface area contributed by atoms with Gasteiger partial charge in [0.05, 0.1) is 0 Å². The first-order valence-corrected chi connectivity index (χ1v) is 8.41. The smallest absolute Gasteiger partial charge is 0.251 e. The molecule has 0 radical (unpaired) electrons. The number of hydrogen-bond acceptors (Lipinski definition) is 3. The average molecular weight is 337 g/mol. The summed E-state index contributed by atoms with van der Waals surface area (Å²) in [6.45, 7) is 2.74. The normalized spacial score (nSPS) is 12.7. The highest BCUT2D eigenvalue weighted by Gasteiger charge is 2.23. The fourth-order valence-corrected chi connectivity index (χ4v) is 3.07. The minimum absolute atomic E-state index is 0.0390. The van der Waals surface area contributed by atoms with Crippen molar-refractivity contribution in [2.75, 3.05) is 30.4 Å². The summed E-state index contributed by atoms with van der Waals surface area (Å²) < 4.78 is 0. The quantitative estimate of drug-likeness (QED) is 0.933. The fraction of sp³-hybridized carbons (Fsp3) is 0.300. The van der Waals surface area contributed by atoms with E-state index < -0.39 is 0 Å². The molecule has 0 saturated carbocycles. The highest BCUT2D eigenvalue weighted by molar-refractivity contribution is 5.97. The number of nitrogens with zero attached hydrogens (tertiary/aromatic N) is 2. The number of fused-ring (bicyclic) bond motifs is 1. The predicted molar refractivity (Wildman–Crippen MR) is 100 cm³/mol. The molecule has 0 saturated heterocycles. The lowest BCUT2D eigenvalue weighted by atomic mass is 10.1. The van der Waals surface area contributed by atoms with Gasteiger partial charge >= 0.3 is 0 Å². The highest BCUT2D eigenvalue weighted by Crippen LogP contribution is 2.28. The van der Waals surface area contributed by atoms with Crippen LogP contribution in [0, 0.1) is 0 Å². The zero-order chi connectivity index (χ0) is 18.0. The van der Waals surface area contributed by atoms with Crippen LogP contribution >= 0.6 is 0 Å². The number of anilines is 2. The molecule has 0 fully saturated rings. The molecule has 25 heavy (non-hydrogen) atoms. The predicted octanol–water partition coefficient (Wildman–Crippen LogP) is 2.59. The van der Waals surface area contributed by atoms with Gasteiger partial charge in [0.2, 0.25) is 5.91 Å². The molecule has 0 unspecified atom stereocenters. The zero-order valence-corrected chi connectivity index (χ0v) is 14.9. The third-order valence-electron chi connectivity index (χ3n) is 4.52. The molecule has 5 nitrogen and oxygen atoms in total. The highest BCUT2D eigenvalue weighted by atomic mass is 16.2. The van der Waals surface area contributed by atoms with Crippen LogP contribution in [0.5, 0.6) is 0 Å². The van der Waals surface area contributed by atoms with Crippen LogP contribution in [-0.4, -0.2) is 32.5 Å². The summed E-state index contributed by atoms with van der Waals surface area (Å²) >= 11 is 0. The topological polar surface area (TPSA) is 52.7 Å². The molecule has 0 bridgehead atoms. The Hall–Kier alpha value is -2.82. The summed E-state index contributed by atoms with van der Waals surface area (Å²) in [5.41, 5.74) is 4.79. The molecule has 0 aromatic heterocycles. The van der Waals surface area contributed by atoms with Gasteiger partial charge < -0.3 is 15.1 Å². The molecule has 0 spiro atoms. The molecule has 1 heterocycles. The van der Waals surface area contributed by atoms with Gasteiger partial charge in [-0.3, -0.25) is 9.59 Å². The lowest BCUT2D eigenvalue weighted by Gasteiger charge is -2.15. The first-order chi connectivity index (χ1) is 12.0. The molecule has 5 heteroatoms. The summed E-state index contributed by atoms with van der Waals surface area (Å²) in [4.78, 5) is 27.8. The molecular formula is C20H23N3O2. The van der Waals surface area contributed by atoms with E-state index >= 15 is 0 Å². The van der Waals surface area contributed by atoms with Crippen LogP contribution in [0.2, 0.25) is 0 Å². The summed E-state index contributed by atoms with van der Waals surface area (Å²) in [6, 6.07) is 13.6. The molecule has 1 aliphatic rings. The van der Waals surface area contributed by atoms with E-state index in [1.54, 1.807) is 17.9 Å². The maximum atomic E-state index is 12.4. The van der Waals surface area contributed by atoms with E-state index in [0.717, 1.165) is 28.9 Å². The Morgan fingerprint density at radius 1 is 1.12 bits per heavy atom. The molecule has 2 aromatic carbocycles. The van der Waals surface area contributed by atoms with Crippen molar-refractivity contribution in [3.8, 4) is 0 Å². The summed E-state index contributed by atoms with van der Waals surface area (Å²) in [6.07, 6.45) is 0.794. The van der Waals surface area contributed by atoms with Gasteiger partial charge in [-0.15, -0.1) is 0 Å². The maximum absolute atomic E-state index is 12.4. The van der Waals surface area contributed by atoms with Crippen molar-refractivity contribution in [1.29, 1.82) is 0 Å². The lowest BCUT2D eigenvalue weighted by molar-refractivity contribution is -0.116. The standard InChI is InChI=1S/C20H23N3O2/c1-14(24)23-11-10-16-12-17(6-9-19(16)23)20(25)21-13-15-4-7-18(8-5-15)22(2)3/h4-9,12H,10-11,13H2,1-3H3,(H,21,25). The molecule has 0 atom stereocenters. The Labute approximate surface area is 148 Å². The van der Waals surface area contributed by atoms with E-state index in [-0.39, 0.29) is 11.8 Å². The van der Waals surface area contributed by atoms with Crippen LogP contribution in [0.3, 0.4) is 0 Å². The monoisotopic (exact) mass is 337 g/mol. The van der Waals surface area contributed by atoms with E-state index in [1.807, 2.05) is 55.4 Å². The number of benzene rings is 2. The first-order valence-electron chi connectivity index (χ1n) is 8.41. The van der Waals surface area contributed by atoms with E-state index in [4.69, 9.17) is 0 Å². The Bertz CT molecular complexity index is 797. The van der Waals surface area contributed by atoms with Crippen molar-refractivity contribution in [1.82, 2.24) is 5.32 Å².